The highest BCUT2D eigenvalue weighted by atomic mass is 32.2. The van der Waals surface area contributed by atoms with Crippen molar-refractivity contribution >= 4 is 15.9 Å². The molecule has 0 aliphatic carbocycles. The lowest BCUT2D eigenvalue weighted by Gasteiger charge is -2.31. The van der Waals surface area contributed by atoms with Crippen LogP contribution in [-0.2, 0) is 14.8 Å². The van der Waals surface area contributed by atoms with Crippen LogP contribution in [0.15, 0.2) is 30.3 Å². The van der Waals surface area contributed by atoms with Crippen molar-refractivity contribution in [2.45, 2.75) is 32.7 Å². The number of hydrogen-bond acceptors (Lipinski definition) is 3. The highest BCUT2D eigenvalue weighted by Crippen LogP contribution is 2.24. The minimum Gasteiger partial charge on any atom is -0.349 e. The molecule has 1 aliphatic rings. The van der Waals surface area contributed by atoms with Crippen LogP contribution in [0, 0.1) is 11.8 Å². The molecule has 1 aromatic rings. The first-order chi connectivity index (χ1) is 10.8. The second-order valence-corrected chi connectivity index (χ2v) is 8.56. The summed E-state index contributed by atoms with van der Waals surface area (Å²) in [7, 11) is -3.15. The maximum absolute atomic E-state index is 12.6. The van der Waals surface area contributed by atoms with Crippen LogP contribution in [0.1, 0.15) is 38.3 Å². The number of rotatable bonds is 5. The Hall–Kier alpha value is -1.40. The number of nitrogens with one attached hydrogen (secondary N) is 1. The van der Waals surface area contributed by atoms with E-state index in [1.807, 2.05) is 30.3 Å². The van der Waals surface area contributed by atoms with E-state index in [2.05, 4.69) is 19.2 Å². The van der Waals surface area contributed by atoms with Crippen LogP contribution in [0.2, 0.25) is 0 Å². The fourth-order valence-corrected chi connectivity index (χ4v) is 3.89. The average molecular weight is 338 g/mol. The summed E-state index contributed by atoms with van der Waals surface area (Å²) in [6.45, 7) is 5.03. The summed E-state index contributed by atoms with van der Waals surface area (Å²) < 4.78 is 24.5. The minimum atomic E-state index is -3.15. The fraction of sp³-hybridized carbons (Fsp3) is 0.588. The normalized spacial score (nSPS) is 18.8. The van der Waals surface area contributed by atoms with Gasteiger partial charge in [0, 0.05) is 19.0 Å². The van der Waals surface area contributed by atoms with Gasteiger partial charge in [-0.25, -0.2) is 12.7 Å². The molecule has 0 aromatic heterocycles. The number of sulfonamides is 1. The highest BCUT2D eigenvalue weighted by Gasteiger charge is 2.30. The second kappa shape index (κ2) is 7.45. The van der Waals surface area contributed by atoms with E-state index in [4.69, 9.17) is 0 Å². The summed E-state index contributed by atoms with van der Waals surface area (Å²) in [4.78, 5) is 12.6. The van der Waals surface area contributed by atoms with Gasteiger partial charge in [0.05, 0.1) is 12.3 Å². The van der Waals surface area contributed by atoms with E-state index < -0.39 is 10.0 Å². The first-order valence-electron chi connectivity index (χ1n) is 8.09. The first kappa shape index (κ1) is 17.9. The standard InChI is InChI=1S/C17H26N2O3S/c1-13(2)16(14-7-5-4-6-8-14)18-17(20)15-9-11-19(12-10-15)23(3,21)22/h4-8,13,15-16H,9-12H2,1-3H3,(H,18,20)/t16-/m0/s1. The zero-order chi connectivity index (χ0) is 17.0. The van der Waals surface area contributed by atoms with Crippen molar-refractivity contribution < 1.29 is 13.2 Å². The summed E-state index contributed by atoms with van der Waals surface area (Å²) in [5, 5.41) is 3.15. The Labute approximate surface area is 139 Å². The monoisotopic (exact) mass is 338 g/mol. The molecule has 23 heavy (non-hydrogen) atoms. The lowest BCUT2D eigenvalue weighted by Crippen LogP contribution is -2.44. The quantitative estimate of drug-likeness (QED) is 0.895. The van der Waals surface area contributed by atoms with Crippen molar-refractivity contribution in [2.24, 2.45) is 11.8 Å². The Kier molecular flexibility index (Phi) is 5.81. The summed E-state index contributed by atoms with van der Waals surface area (Å²) in [5.41, 5.74) is 1.10. The lowest BCUT2D eigenvalue weighted by molar-refractivity contribution is -0.127. The molecular weight excluding hydrogens is 312 g/mol. The maximum atomic E-state index is 12.6. The first-order valence-corrected chi connectivity index (χ1v) is 9.94. The Bertz CT molecular complexity index is 620. The molecule has 2 rings (SSSR count). The molecule has 1 amide bonds. The Morgan fingerprint density at radius 1 is 1.17 bits per heavy atom. The molecule has 5 nitrogen and oxygen atoms in total. The molecule has 0 spiro atoms. The molecule has 0 saturated carbocycles. The Morgan fingerprint density at radius 3 is 2.22 bits per heavy atom. The zero-order valence-corrected chi connectivity index (χ0v) is 14.8. The molecule has 1 heterocycles. The fourth-order valence-electron chi connectivity index (χ4n) is 3.02. The molecule has 1 N–H and O–H groups in total. The third kappa shape index (κ3) is 4.78. The number of amides is 1. The molecular formula is C17H26N2O3S. The maximum Gasteiger partial charge on any atom is 0.223 e. The minimum absolute atomic E-state index is 0.0170. The Balaban J connectivity index is 1.98. The van der Waals surface area contributed by atoms with Gasteiger partial charge in [-0.2, -0.15) is 0 Å². The van der Waals surface area contributed by atoms with Crippen LogP contribution in [0.5, 0.6) is 0 Å². The summed E-state index contributed by atoms with van der Waals surface area (Å²) in [6, 6.07) is 9.94. The highest BCUT2D eigenvalue weighted by molar-refractivity contribution is 7.88. The predicted molar refractivity (Wildman–Crippen MR) is 91.3 cm³/mol. The third-order valence-corrected chi connectivity index (χ3v) is 5.72. The topological polar surface area (TPSA) is 66.5 Å². The van der Waals surface area contributed by atoms with Gasteiger partial charge >= 0.3 is 0 Å². The largest absolute Gasteiger partial charge is 0.349 e. The van der Waals surface area contributed by atoms with E-state index in [1.165, 1.54) is 10.6 Å². The van der Waals surface area contributed by atoms with Crippen molar-refractivity contribution in [2.75, 3.05) is 19.3 Å². The van der Waals surface area contributed by atoms with Crippen LogP contribution in [0.25, 0.3) is 0 Å². The van der Waals surface area contributed by atoms with Crippen molar-refractivity contribution in [3.05, 3.63) is 35.9 Å². The number of carbonyl (C=O) groups is 1. The number of carbonyl (C=O) groups excluding carboxylic acids is 1. The van der Waals surface area contributed by atoms with Crippen molar-refractivity contribution in [1.29, 1.82) is 0 Å². The van der Waals surface area contributed by atoms with Gasteiger partial charge in [-0.05, 0) is 24.3 Å². The van der Waals surface area contributed by atoms with E-state index in [0.29, 0.717) is 25.9 Å². The van der Waals surface area contributed by atoms with Crippen LogP contribution >= 0.6 is 0 Å². The van der Waals surface area contributed by atoms with E-state index >= 15 is 0 Å². The smallest absolute Gasteiger partial charge is 0.223 e. The van der Waals surface area contributed by atoms with E-state index in [-0.39, 0.29) is 23.8 Å². The molecule has 0 radical (unpaired) electrons. The lowest BCUT2D eigenvalue weighted by atomic mass is 9.93. The number of benzene rings is 1. The van der Waals surface area contributed by atoms with Gasteiger partial charge in [-0.3, -0.25) is 4.79 Å². The molecule has 0 unspecified atom stereocenters. The van der Waals surface area contributed by atoms with Gasteiger partial charge in [0.15, 0.2) is 0 Å². The van der Waals surface area contributed by atoms with Crippen LogP contribution in [0.3, 0.4) is 0 Å². The van der Waals surface area contributed by atoms with Gasteiger partial charge in [0.1, 0.15) is 0 Å². The molecule has 1 atom stereocenters. The van der Waals surface area contributed by atoms with Crippen LogP contribution in [-0.4, -0.2) is 38.0 Å². The van der Waals surface area contributed by atoms with Crippen molar-refractivity contribution in [3.8, 4) is 0 Å². The van der Waals surface area contributed by atoms with Gasteiger partial charge in [0.25, 0.3) is 0 Å². The molecule has 6 heteroatoms. The molecule has 1 aliphatic heterocycles. The zero-order valence-electron chi connectivity index (χ0n) is 14.0. The van der Waals surface area contributed by atoms with E-state index in [0.717, 1.165) is 5.56 Å². The predicted octanol–water partition coefficient (Wildman–Crippen LogP) is 2.17. The number of piperidine rings is 1. The van der Waals surface area contributed by atoms with Crippen molar-refractivity contribution in [1.82, 2.24) is 9.62 Å². The van der Waals surface area contributed by atoms with Crippen LogP contribution in [0.4, 0.5) is 0 Å². The van der Waals surface area contributed by atoms with Gasteiger partial charge in [-0.1, -0.05) is 44.2 Å². The molecule has 1 aromatic carbocycles. The SMILES string of the molecule is CC(C)[C@H](NC(=O)C1CCN(S(C)(=O)=O)CC1)c1ccccc1. The van der Waals surface area contributed by atoms with E-state index in [9.17, 15) is 13.2 Å². The molecule has 128 valence electrons. The second-order valence-electron chi connectivity index (χ2n) is 6.58. The van der Waals surface area contributed by atoms with Crippen LogP contribution < -0.4 is 5.32 Å². The summed E-state index contributed by atoms with van der Waals surface area (Å²) in [6.07, 6.45) is 2.38. The third-order valence-electron chi connectivity index (χ3n) is 4.42. The molecule has 1 fully saturated rings. The number of nitrogens with zero attached hydrogens (tertiary/aromatic N) is 1. The Morgan fingerprint density at radius 2 is 1.74 bits per heavy atom. The average Bonchev–Trinajstić information content (AvgIpc) is 2.52. The van der Waals surface area contributed by atoms with Gasteiger partial charge in [0.2, 0.25) is 15.9 Å². The molecule has 1 saturated heterocycles. The van der Waals surface area contributed by atoms with Gasteiger partial charge < -0.3 is 5.32 Å². The summed E-state index contributed by atoms with van der Waals surface area (Å²) in [5.74, 6) is 0.205. The summed E-state index contributed by atoms with van der Waals surface area (Å²) >= 11 is 0. The number of hydrogen-bond donors (Lipinski definition) is 1. The van der Waals surface area contributed by atoms with E-state index in [1.54, 1.807) is 0 Å². The van der Waals surface area contributed by atoms with Crippen molar-refractivity contribution in [3.63, 3.8) is 0 Å². The van der Waals surface area contributed by atoms with Gasteiger partial charge in [-0.15, -0.1) is 0 Å². The molecule has 0 bridgehead atoms.